The van der Waals surface area contributed by atoms with E-state index in [1.54, 1.807) is 17.8 Å². The second-order valence-corrected chi connectivity index (χ2v) is 6.60. The van der Waals surface area contributed by atoms with E-state index >= 15 is 0 Å². The number of aryl methyl sites for hydroxylation is 1. The Morgan fingerprint density at radius 2 is 2.12 bits per heavy atom. The van der Waals surface area contributed by atoms with Crippen molar-refractivity contribution in [3.63, 3.8) is 0 Å². The topological polar surface area (TPSA) is 52.0 Å². The monoisotopic (exact) mass is 308 g/mol. The van der Waals surface area contributed by atoms with E-state index in [1.807, 2.05) is 6.92 Å². The van der Waals surface area contributed by atoms with Crippen LogP contribution in [-0.2, 0) is 28.1 Å². The molecule has 1 rings (SSSR count). The van der Waals surface area contributed by atoms with Crippen molar-refractivity contribution < 1.29 is 8.42 Å². The van der Waals surface area contributed by atoms with Crippen LogP contribution in [0, 0.1) is 0 Å². The second kappa shape index (κ2) is 5.82. The van der Waals surface area contributed by atoms with Crippen LogP contribution < -0.4 is 0 Å². The molecule has 0 N–H and O–H groups in total. The fourth-order valence-electron chi connectivity index (χ4n) is 1.53. The number of sulfone groups is 1. The summed E-state index contributed by atoms with van der Waals surface area (Å²) in [7, 11) is -2.91. The smallest absolute Gasteiger partial charge is 0.151 e. The summed E-state index contributed by atoms with van der Waals surface area (Å²) in [6, 6.07) is 0. The first-order valence-electron chi connectivity index (χ1n) is 5.34. The van der Waals surface area contributed by atoms with Crippen LogP contribution in [-0.4, -0.2) is 29.7 Å². The van der Waals surface area contributed by atoms with Crippen LogP contribution in [0.15, 0.2) is 6.20 Å². The molecule has 92 valence electrons. The summed E-state index contributed by atoms with van der Waals surface area (Å²) < 4.78 is 24.6. The van der Waals surface area contributed by atoms with Gasteiger partial charge < -0.3 is 0 Å². The Morgan fingerprint density at radius 1 is 1.44 bits per heavy atom. The average molecular weight is 309 g/mol. The molecule has 0 aliphatic heterocycles. The number of halogens is 1. The van der Waals surface area contributed by atoms with Crippen LogP contribution in [0.25, 0.3) is 0 Å². The van der Waals surface area contributed by atoms with Gasteiger partial charge in [0.2, 0.25) is 0 Å². The van der Waals surface area contributed by atoms with E-state index < -0.39 is 9.84 Å². The Kier molecular flexibility index (Phi) is 4.98. The lowest BCUT2D eigenvalue weighted by molar-refractivity contribution is 0.575. The third-order valence-electron chi connectivity index (χ3n) is 2.57. The molecule has 0 amide bonds. The van der Waals surface area contributed by atoms with Gasteiger partial charge in [-0.3, -0.25) is 4.68 Å². The number of hydrogen-bond donors (Lipinski definition) is 0. The quantitative estimate of drug-likeness (QED) is 0.753. The summed E-state index contributed by atoms with van der Waals surface area (Å²) in [4.78, 5) is 0. The summed E-state index contributed by atoms with van der Waals surface area (Å²) >= 11 is 3.40. The fraction of sp³-hybridized carbons (Fsp3) is 0.700. The normalized spacial score (nSPS) is 11.9. The molecule has 1 aromatic rings. The lowest BCUT2D eigenvalue weighted by atomic mass is 10.2. The van der Waals surface area contributed by atoms with Crippen LogP contribution in [0.3, 0.4) is 0 Å². The van der Waals surface area contributed by atoms with Crippen LogP contribution >= 0.6 is 15.9 Å². The van der Waals surface area contributed by atoms with Gasteiger partial charge in [-0.15, -0.1) is 0 Å². The van der Waals surface area contributed by atoms with Crippen LogP contribution in [0.5, 0.6) is 0 Å². The van der Waals surface area contributed by atoms with Crippen molar-refractivity contribution in [3.8, 4) is 0 Å². The highest BCUT2D eigenvalue weighted by molar-refractivity contribution is 9.08. The minimum absolute atomic E-state index is 0.167. The third-order valence-corrected chi connectivity index (χ3v) is 4.86. The van der Waals surface area contributed by atoms with Gasteiger partial charge in [-0.25, -0.2) is 8.42 Å². The minimum Gasteiger partial charge on any atom is -0.268 e. The van der Waals surface area contributed by atoms with Crippen molar-refractivity contribution in [2.75, 3.05) is 11.5 Å². The summed E-state index contributed by atoms with van der Waals surface area (Å²) in [5, 5.41) is 4.98. The maximum atomic E-state index is 11.4. The van der Waals surface area contributed by atoms with Gasteiger partial charge in [0, 0.05) is 22.3 Å². The molecule has 0 aliphatic carbocycles. The Morgan fingerprint density at radius 3 is 2.62 bits per heavy atom. The van der Waals surface area contributed by atoms with Crippen molar-refractivity contribution in [2.45, 2.75) is 32.1 Å². The van der Waals surface area contributed by atoms with E-state index in [0.29, 0.717) is 6.54 Å². The van der Waals surface area contributed by atoms with Crippen molar-refractivity contribution in [3.05, 3.63) is 17.5 Å². The Bertz CT molecular complexity index is 440. The van der Waals surface area contributed by atoms with Gasteiger partial charge in [-0.05, 0) is 6.42 Å². The fourth-order valence-corrected chi connectivity index (χ4v) is 2.74. The average Bonchev–Trinajstić information content (AvgIpc) is 2.68. The van der Waals surface area contributed by atoms with E-state index in [4.69, 9.17) is 0 Å². The number of alkyl halides is 1. The number of hydrogen-bond acceptors (Lipinski definition) is 3. The molecule has 0 saturated carbocycles. The van der Waals surface area contributed by atoms with Gasteiger partial charge in [0.25, 0.3) is 0 Å². The summed E-state index contributed by atoms with van der Waals surface area (Å²) in [5.41, 5.74) is 2.25. The number of rotatable bonds is 6. The van der Waals surface area contributed by atoms with E-state index in [1.165, 1.54) is 0 Å². The number of aromatic nitrogens is 2. The van der Waals surface area contributed by atoms with Gasteiger partial charge in [0.1, 0.15) is 0 Å². The maximum Gasteiger partial charge on any atom is 0.151 e. The molecule has 0 aliphatic rings. The first-order chi connectivity index (χ1) is 7.54. The van der Waals surface area contributed by atoms with E-state index in [9.17, 15) is 8.42 Å². The first kappa shape index (κ1) is 13.7. The SMILES string of the molecule is CCc1c(CBr)cnn1CCS(=O)(=O)CC. The molecule has 1 heterocycles. The molecule has 0 radical (unpaired) electrons. The molecule has 0 fully saturated rings. The lowest BCUT2D eigenvalue weighted by Crippen LogP contribution is -2.17. The predicted octanol–water partition coefficient (Wildman–Crippen LogP) is 1.78. The molecule has 0 spiro atoms. The van der Waals surface area contributed by atoms with Gasteiger partial charge in [0.15, 0.2) is 9.84 Å². The van der Waals surface area contributed by atoms with Gasteiger partial charge in [-0.1, -0.05) is 29.8 Å². The van der Waals surface area contributed by atoms with Crippen LogP contribution in [0.1, 0.15) is 25.1 Å². The summed E-state index contributed by atoms with van der Waals surface area (Å²) in [5.74, 6) is 0.362. The largest absolute Gasteiger partial charge is 0.268 e. The molecule has 0 aromatic carbocycles. The van der Waals surface area contributed by atoms with Crippen LogP contribution in [0.2, 0.25) is 0 Å². The lowest BCUT2D eigenvalue weighted by Gasteiger charge is -2.07. The molecule has 6 heteroatoms. The van der Waals surface area contributed by atoms with E-state index in [2.05, 4.69) is 21.0 Å². The van der Waals surface area contributed by atoms with Crippen molar-refractivity contribution in [1.29, 1.82) is 0 Å². The molecule has 1 aromatic heterocycles. The Hall–Kier alpha value is -0.360. The zero-order valence-electron chi connectivity index (χ0n) is 9.61. The highest BCUT2D eigenvalue weighted by Crippen LogP contribution is 2.13. The summed E-state index contributed by atoms with van der Waals surface area (Å²) in [6.45, 7) is 4.17. The highest BCUT2D eigenvalue weighted by atomic mass is 79.9. The summed E-state index contributed by atoms with van der Waals surface area (Å²) in [6.07, 6.45) is 2.67. The molecule has 16 heavy (non-hydrogen) atoms. The van der Waals surface area contributed by atoms with Crippen LogP contribution in [0.4, 0.5) is 0 Å². The van der Waals surface area contributed by atoms with Crippen molar-refractivity contribution in [2.24, 2.45) is 0 Å². The molecule has 0 saturated heterocycles. The molecule has 0 bridgehead atoms. The van der Waals surface area contributed by atoms with Gasteiger partial charge in [-0.2, -0.15) is 5.10 Å². The van der Waals surface area contributed by atoms with Gasteiger partial charge >= 0.3 is 0 Å². The number of nitrogens with zero attached hydrogens (tertiary/aromatic N) is 2. The zero-order chi connectivity index (χ0) is 12.2. The van der Waals surface area contributed by atoms with Gasteiger partial charge in [0.05, 0.1) is 18.5 Å². The molecule has 4 nitrogen and oxygen atoms in total. The molecular formula is C10H17BrN2O2S. The minimum atomic E-state index is -2.91. The maximum absolute atomic E-state index is 11.4. The standard InChI is InChI=1S/C10H17BrN2O2S/c1-3-10-9(7-11)8-12-13(10)5-6-16(14,15)4-2/h8H,3-7H2,1-2H3. The Labute approximate surface area is 105 Å². The van der Waals surface area contributed by atoms with E-state index in [-0.39, 0.29) is 11.5 Å². The third kappa shape index (κ3) is 3.31. The first-order valence-corrected chi connectivity index (χ1v) is 8.28. The van der Waals surface area contributed by atoms with E-state index in [0.717, 1.165) is 23.0 Å². The highest BCUT2D eigenvalue weighted by Gasteiger charge is 2.12. The zero-order valence-corrected chi connectivity index (χ0v) is 12.0. The van der Waals surface area contributed by atoms with Crippen molar-refractivity contribution in [1.82, 2.24) is 9.78 Å². The molecule has 0 unspecified atom stereocenters. The Balaban J connectivity index is 2.78. The second-order valence-electron chi connectivity index (χ2n) is 3.56. The predicted molar refractivity (Wildman–Crippen MR) is 68.6 cm³/mol. The molecular weight excluding hydrogens is 292 g/mol. The van der Waals surface area contributed by atoms with Crippen molar-refractivity contribution >= 4 is 25.8 Å². The molecule has 0 atom stereocenters.